The second-order valence-corrected chi connectivity index (χ2v) is 3.90. The molecule has 84 valence electrons. The predicted molar refractivity (Wildman–Crippen MR) is 57.4 cm³/mol. The van der Waals surface area contributed by atoms with Gasteiger partial charge in [0.15, 0.2) is 0 Å². The SMILES string of the molecule is CCN(C(=O)Cn1ccnc1C#N)C1CC1. The van der Waals surface area contributed by atoms with Gasteiger partial charge in [-0.2, -0.15) is 5.26 Å². The predicted octanol–water partition coefficient (Wildman–Crippen LogP) is 0.766. The van der Waals surface area contributed by atoms with Gasteiger partial charge in [-0.05, 0) is 19.8 Å². The molecule has 0 atom stereocenters. The molecule has 1 aliphatic rings. The van der Waals surface area contributed by atoms with Gasteiger partial charge in [0.2, 0.25) is 11.7 Å². The number of carbonyl (C=O) groups excluding carboxylic acids is 1. The number of rotatable bonds is 4. The van der Waals surface area contributed by atoms with E-state index >= 15 is 0 Å². The summed E-state index contributed by atoms with van der Waals surface area (Å²) in [4.78, 5) is 17.7. The van der Waals surface area contributed by atoms with Crippen molar-refractivity contribution >= 4 is 5.91 Å². The van der Waals surface area contributed by atoms with Gasteiger partial charge >= 0.3 is 0 Å². The largest absolute Gasteiger partial charge is 0.338 e. The summed E-state index contributed by atoms with van der Waals surface area (Å²) in [6.07, 6.45) is 5.42. The molecule has 0 radical (unpaired) electrons. The lowest BCUT2D eigenvalue weighted by Crippen LogP contribution is -2.35. The van der Waals surface area contributed by atoms with Crippen molar-refractivity contribution in [3.63, 3.8) is 0 Å². The summed E-state index contributed by atoms with van der Waals surface area (Å²) in [5.74, 6) is 0.361. The van der Waals surface area contributed by atoms with Gasteiger partial charge in [-0.25, -0.2) is 4.98 Å². The first kappa shape index (κ1) is 10.7. The van der Waals surface area contributed by atoms with Crippen LogP contribution in [0.4, 0.5) is 0 Å². The molecule has 0 spiro atoms. The molecule has 1 fully saturated rings. The maximum absolute atomic E-state index is 12.0. The highest BCUT2D eigenvalue weighted by Gasteiger charge is 2.31. The standard InChI is InChI=1S/C11H14N4O/c1-2-15(9-3-4-9)11(16)8-14-6-5-13-10(14)7-12/h5-6,9H,2-4,8H2,1H3. The summed E-state index contributed by atoms with van der Waals surface area (Å²) < 4.78 is 1.59. The molecule has 1 saturated carbocycles. The molecule has 0 bridgehead atoms. The third-order valence-electron chi connectivity index (χ3n) is 2.77. The van der Waals surface area contributed by atoms with Gasteiger partial charge in [-0.15, -0.1) is 0 Å². The maximum atomic E-state index is 12.0. The maximum Gasteiger partial charge on any atom is 0.242 e. The van der Waals surface area contributed by atoms with Crippen LogP contribution in [-0.4, -0.2) is 32.9 Å². The summed E-state index contributed by atoms with van der Waals surface area (Å²) in [7, 11) is 0. The summed E-state index contributed by atoms with van der Waals surface area (Å²) >= 11 is 0. The Morgan fingerprint density at radius 1 is 1.75 bits per heavy atom. The Morgan fingerprint density at radius 2 is 2.50 bits per heavy atom. The first-order chi connectivity index (χ1) is 7.76. The van der Waals surface area contributed by atoms with E-state index in [-0.39, 0.29) is 12.5 Å². The molecule has 0 unspecified atom stereocenters. The molecule has 1 aromatic heterocycles. The molecule has 5 heteroatoms. The average Bonchev–Trinajstić information content (AvgIpc) is 3.00. The number of nitrogens with zero attached hydrogens (tertiary/aromatic N) is 4. The molecule has 0 aliphatic heterocycles. The van der Waals surface area contributed by atoms with Crippen molar-refractivity contribution < 1.29 is 4.79 Å². The molecular weight excluding hydrogens is 204 g/mol. The van der Waals surface area contributed by atoms with E-state index in [4.69, 9.17) is 5.26 Å². The van der Waals surface area contributed by atoms with Crippen LogP contribution in [0.3, 0.4) is 0 Å². The van der Waals surface area contributed by atoms with Gasteiger partial charge in [0.05, 0.1) is 0 Å². The minimum absolute atomic E-state index is 0.0690. The van der Waals surface area contributed by atoms with Crippen LogP contribution < -0.4 is 0 Å². The Bertz CT molecular complexity index is 427. The van der Waals surface area contributed by atoms with Crippen LogP contribution in [-0.2, 0) is 11.3 Å². The normalized spacial score (nSPS) is 14.5. The molecule has 1 aromatic rings. The first-order valence-corrected chi connectivity index (χ1v) is 5.47. The van der Waals surface area contributed by atoms with Gasteiger partial charge in [0, 0.05) is 25.0 Å². The van der Waals surface area contributed by atoms with Crippen LogP contribution in [0.25, 0.3) is 0 Å². The van der Waals surface area contributed by atoms with Crippen molar-refractivity contribution in [2.75, 3.05) is 6.54 Å². The van der Waals surface area contributed by atoms with Crippen molar-refractivity contribution in [2.45, 2.75) is 32.4 Å². The lowest BCUT2D eigenvalue weighted by Gasteiger charge is -2.20. The zero-order chi connectivity index (χ0) is 11.5. The second-order valence-electron chi connectivity index (χ2n) is 3.90. The van der Waals surface area contributed by atoms with Gasteiger partial charge in [-0.3, -0.25) is 4.79 Å². The fourth-order valence-corrected chi connectivity index (χ4v) is 1.81. The number of imidazole rings is 1. The van der Waals surface area contributed by atoms with Crippen LogP contribution in [0.15, 0.2) is 12.4 Å². The third kappa shape index (κ3) is 2.06. The first-order valence-electron chi connectivity index (χ1n) is 5.47. The fraction of sp³-hybridized carbons (Fsp3) is 0.545. The van der Waals surface area contributed by atoms with Crippen LogP contribution >= 0.6 is 0 Å². The highest BCUT2D eigenvalue weighted by atomic mass is 16.2. The number of hydrogen-bond acceptors (Lipinski definition) is 3. The Hall–Kier alpha value is -1.83. The van der Waals surface area contributed by atoms with E-state index < -0.39 is 0 Å². The highest BCUT2D eigenvalue weighted by Crippen LogP contribution is 2.26. The second kappa shape index (κ2) is 4.35. The van der Waals surface area contributed by atoms with E-state index in [1.54, 1.807) is 17.0 Å². The van der Waals surface area contributed by atoms with Crippen molar-refractivity contribution in [3.8, 4) is 6.07 Å². The van der Waals surface area contributed by atoms with Crippen LogP contribution in [0, 0.1) is 11.3 Å². The van der Waals surface area contributed by atoms with Crippen LogP contribution in [0.1, 0.15) is 25.6 Å². The van der Waals surface area contributed by atoms with E-state index in [1.807, 2.05) is 17.9 Å². The van der Waals surface area contributed by atoms with Gasteiger partial charge < -0.3 is 9.47 Å². The van der Waals surface area contributed by atoms with Crippen molar-refractivity contribution in [3.05, 3.63) is 18.2 Å². The zero-order valence-electron chi connectivity index (χ0n) is 9.26. The molecule has 2 rings (SSSR count). The van der Waals surface area contributed by atoms with Crippen molar-refractivity contribution in [1.29, 1.82) is 5.26 Å². The summed E-state index contributed by atoms with van der Waals surface area (Å²) in [6.45, 7) is 2.93. The van der Waals surface area contributed by atoms with Gasteiger partial charge in [0.25, 0.3) is 0 Å². The fourth-order valence-electron chi connectivity index (χ4n) is 1.81. The van der Waals surface area contributed by atoms with Crippen LogP contribution in [0.5, 0.6) is 0 Å². The number of hydrogen-bond donors (Lipinski definition) is 0. The molecule has 1 aliphatic carbocycles. The quantitative estimate of drug-likeness (QED) is 0.749. The smallest absolute Gasteiger partial charge is 0.242 e. The minimum atomic E-state index is 0.0690. The molecule has 5 nitrogen and oxygen atoms in total. The van der Waals surface area contributed by atoms with Crippen molar-refractivity contribution in [2.24, 2.45) is 0 Å². The molecule has 0 saturated heterocycles. The Labute approximate surface area is 94.3 Å². The number of carbonyl (C=O) groups is 1. The molecule has 1 amide bonds. The van der Waals surface area contributed by atoms with Crippen LogP contribution in [0.2, 0.25) is 0 Å². The average molecular weight is 218 g/mol. The number of aromatic nitrogens is 2. The summed E-state index contributed by atoms with van der Waals surface area (Å²) in [5, 5.41) is 8.78. The third-order valence-corrected chi connectivity index (χ3v) is 2.77. The highest BCUT2D eigenvalue weighted by molar-refractivity contribution is 5.76. The number of amides is 1. The molecule has 0 N–H and O–H groups in total. The van der Waals surface area contributed by atoms with E-state index in [2.05, 4.69) is 4.98 Å². The summed E-state index contributed by atoms with van der Waals surface area (Å²) in [6, 6.07) is 2.39. The van der Waals surface area contributed by atoms with Crippen molar-refractivity contribution in [1.82, 2.24) is 14.5 Å². The van der Waals surface area contributed by atoms with E-state index in [9.17, 15) is 4.79 Å². The van der Waals surface area contributed by atoms with E-state index in [0.29, 0.717) is 11.9 Å². The van der Waals surface area contributed by atoms with E-state index in [1.165, 1.54) is 0 Å². The Kier molecular flexibility index (Phi) is 2.91. The van der Waals surface area contributed by atoms with Gasteiger partial charge in [-0.1, -0.05) is 0 Å². The number of nitriles is 1. The summed E-state index contributed by atoms with van der Waals surface area (Å²) in [5.41, 5.74) is 0. The zero-order valence-corrected chi connectivity index (χ0v) is 9.26. The lowest BCUT2D eigenvalue weighted by atomic mass is 10.4. The molecule has 16 heavy (non-hydrogen) atoms. The number of likely N-dealkylation sites (N-methyl/N-ethyl adjacent to an activating group) is 1. The van der Waals surface area contributed by atoms with E-state index in [0.717, 1.165) is 19.4 Å². The molecule has 1 heterocycles. The monoisotopic (exact) mass is 218 g/mol. The van der Waals surface area contributed by atoms with Gasteiger partial charge in [0.1, 0.15) is 12.6 Å². The Morgan fingerprint density at radius 3 is 3.06 bits per heavy atom. The Balaban J connectivity index is 2.04. The lowest BCUT2D eigenvalue weighted by molar-refractivity contribution is -0.132. The minimum Gasteiger partial charge on any atom is -0.338 e. The topological polar surface area (TPSA) is 61.9 Å². The molecular formula is C11H14N4O. The molecule has 0 aromatic carbocycles.